The highest BCUT2D eigenvalue weighted by Gasteiger charge is 2.10. The van der Waals surface area contributed by atoms with E-state index in [1.165, 1.54) is 0 Å². The van der Waals surface area contributed by atoms with Crippen LogP contribution in [0.4, 0.5) is 0 Å². The minimum Gasteiger partial charge on any atom is -0.497 e. The van der Waals surface area contributed by atoms with Crippen LogP contribution in [0.1, 0.15) is 31.9 Å². The van der Waals surface area contributed by atoms with Gasteiger partial charge < -0.3 is 10.1 Å². The molecule has 0 saturated carbocycles. The molecule has 3 heteroatoms. The van der Waals surface area contributed by atoms with E-state index in [4.69, 9.17) is 16.3 Å². The van der Waals surface area contributed by atoms with Crippen molar-refractivity contribution in [2.75, 3.05) is 13.7 Å². The maximum absolute atomic E-state index is 6.45. The van der Waals surface area contributed by atoms with Crippen LogP contribution in [-0.2, 0) is 0 Å². The maximum Gasteiger partial charge on any atom is 0.118 e. The van der Waals surface area contributed by atoms with Crippen LogP contribution in [0.3, 0.4) is 0 Å². The summed E-state index contributed by atoms with van der Waals surface area (Å²) < 4.78 is 5.18. The number of methoxy groups -OCH3 is 1. The third kappa shape index (κ3) is 3.99. The van der Waals surface area contributed by atoms with E-state index in [0.29, 0.717) is 0 Å². The molecule has 0 radical (unpaired) electrons. The molecule has 0 amide bonds. The SMILES string of the molecule is CCCNC(C)c1ccc(-c2ccc(OC)cc2)cc1Cl. The molecule has 0 aliphatic carbocycles. The molecular weight excluding hydrogens is 282 g/mol. The standard InChI is InChI=1S/C18H22ClNO/c1-4-11-20-13(2)17-10-7-15(12-18(17)19)14-5-8-16(21-3)9-6-14/h5-10,12-13,20H,4,11H2,1-3H3. The van der Waals surface area contributed by atoms with Crippen molar-refractivity contribution in [3.8, 4) is 16.9 Å². The van der Waals surface area contributed by atoms with Crippen LogP contribution in [0, 0.1) is 0 Å². The van der Waals surface area contributed by atoms with Crippen molar-refractivity contribution in [3.63, 3.8) is 0 Å². The second kappa shape index (κ2) is 7.48. The third-order valence-corrected chi connectivity index (χ3v) is 3.92. The van der Waals surface area contributed by atoms with Gasteiger partial charge in [0.05, 0.1) is 7.11 Å². The van der Waals surface area contributed by atoms with E-state index in [9.17, 15) is 0 Å². The topological polar surface area (TPSA) is 21.3 Å². The lowest BCUT2D eigenvalue weighted by atomic mass is 10.0. The summed E-state index contributed by atoms with van der Waals surface area (Å²) in [6.07, 6.45) is 1.12. The van der Waals surface area contributed by atoms with Crippen molar-refractivity contribution < 1.29 is 4.74 Å². The molecule has 1 N–H and O–H groups in total. The van der Waals surface area contributed by atoms with Gasteiger partial charge in [-0.3, -0.25) is 0 Å². The van der Waals surface area contributed by atoms with Gasteiger partial charge in [-0.05, 0) is 54.8 Å². The Bertz CT molecular complexity index is 580. The van der Waals surface area contributed by atoms with Crippen molar-refractivity contribution in [2.24, 2.45) is 0 Å². The molecule has 0 aromatic heterocycles. The van der Waals surface area contributed by atoms with Crippen molar-refractivity contribution in [2.45, 2.75) is 26.3 Å². The highest BCUT2D eigenvalue weighted by Crippen LogP contribution is 2.29. The molecular formula is C18H22ClNO. The summed E-state index contributed by atoms with van der Waals surface area (Å²) in [5.41, 5.74) is 3.40. The van der Waals surface area contributed by atoms with Gasteiger partial charge in [0, 0.05) is 11.1 Å². The zero-order chi connectivity index (χ0) is 15.2. The lowest BCUT2D eigenvalue weighted by Crippen LogP contribution is -2.19. The molecule has 2 nitrogen and oxygen atoms in total. The first-order valence-corrected chi connectivity index (χ1v) is 7.70. The summed E-state index contributed by atoms with van der Waals surface area (Å²) in [6, 6.07) is 14.5. The van der Waals surface area contributed by atoms with E-state index in [2.05, 4.69) is 31.3 Å². The van der Waals surface area contributed by atoms with Gasteiger partial charge in [-0.25, -0.2) is 0 Å². The molecule has 1 atom stereocenters. The number of hydrogen-bond donors (Lipinski definition) is 1. The number of benzene rings is 2. The summed E-state index contributed by atoms with van der Waals surface area (Å²) in [5.74, 6) is 0.860. The van der Waals surface area contributed by atoms with Crippen LogP contribution >= 0.6 is 11.6 Å². The van der Waals surface area contributed by atoms with Gasteiger partial charge >= 0.3 is 0 Å². The van der Waals surface area contributed by atoms with E-state index in [1.54, 1.807) is 7.11 Å². The quantitative estimate of drug-likeness (QED) is 0.804. The normalized spacial score (nSPS) is 12.2. The van der Waals surface area contributed by atoms with Crippen LogP contribution in [-0.4, -0.2) is 13.7 Å². The fraction of sp³-hybridized carbons (Fsp3) is 0.333. The van der Waals surface area contributed by atoms with Gasteiger partial charge in [0.2, 0.25) is 0 Å². The second-order valence-electron chi connectivity index (χ2n) is 5.14. The van der Waals surface area contributed by atoms with Crippen LogP contribution in [0.5, 0.6) is 5.75 Å². The Morgan fingerprint density at radius 1 is 1.10 bits per heavy atom. The van der Waals surface area contributed by atoms with Crippen LogP contribution in [0.15, 0.2) is 42.5 Å². The van der Waals surface area contributed by atoms with Gasteiger partial charge in [-0.2, -0.15) is 0 Å². The number of ether oxygens (including phenoxy) is 1. The summed E-state index contributed by atoms with van der Waals surface area (Å²) in [6.45, 7) is 5.30. The lowest BCUT2D eigenvalue weighted by Gasteiger charge is -2.16. The largest absolute Gasteiger partial charge is 0.497 e. The van der Waals surface area contributed by atoms with Crippen LogP contribution in [0.2, 0.25) is 5.02 Å². The fourth-order valence-corrected chi connectivity index (χ4v) is 2.66. The maximum atomic E-state index is 6.45. The van der Waals surface area contributed by atoms with Crippen molar-refractivity contribution >= 4 is 11.6 Å². The summed E-state index contributed by atoms with van der Waals surface area (Å²) in [4.78, 5) is 0. The van der Waals surface area contributed by atoms with E-state index in [-0.39, 0.29) is 6.04 Å². The number of halogens is 1. The average molecular weight is 304 g/mol. The van der Waals surface area contributed by atoms with Crippen molar-refractivity contribution in [3.05, 3.63) is 53.1 Å². The smallest absolute Gasteiger partial charge is 0.118 e. The van der Waals surface area contributed by atoms with Crippen LogP contribution in [0.25, 0.3) is 11.1 Å². The van der Waals surface area contributed by atoms with Gasteiger partial charge in [-0.1, -0.05) is 42.8 Å². The minimum atomic E-state index is 0.266. The second-order valence-corrected chi connectivity index (χ2v) is 5.55. The Labute approximate surface area is 132 Å². The molecule has 0 spiro atoms. The molecule has 112 valence electrons. The number of nitrogens with one attached hydrogen (secondary N) is 1. The summed E-state index contributed by atoms with van der Waals surface area (Å²) >= 11 is 6.45. The Hall–Kier alpha value is -1.51. The first-order chi connectivity index (χ1) is 10.2. The fourth-order valence-electron chi connectivity index (χ4n) is 2.31. The highest BCUT2D eigenvalue weighted by atomic mass is 35.5. The van der Waals surface area contributed by atoms with Crippen LogP contribution < -0.4 is 10.1 Å². The number of rotatable bonds is 6. The molecule has 0 aliphatic rings. The lowest BCUT2D eigenvalue weighted by molar-refractivity contribution is 0.415. The first kappa shape index (κ1) is 15.9. The molecule has 0 aliphatic heterocycles. The highest BCUT2D eigenvalue weighted by molar-refractivity contribution is 6.31. The molecule has 2 aromatic carbocycles. The van der Waals surface area contributed by atoms with Gasteiger partial charge in [0.1, 0.15) is 5.75 Å². The molecule has 0 fully saturated rings. The van der Waals surface area contributed by atoms with E-state index >= 15 is 0 Å². The Morgan fingerprint density at radius 3 is 2.33 bits per heavy atom. The van der Waals surface area contributed by atoms with Gasteiger partial charge in [0.15, 0.2) is 0 Å². The first-order valence-electron chi connectivity index (χ1n) is 7.33. The van der Waals surface area contributed by atoms with Gasteiger partial charge in [0.25, 0.3) is 0 Å². The van der Waals surface area contributed by atoms with E-state index in [1.807, 2.05) is 30.3 Å². The van der Waals surface area contributed by atoms with Crippen molar-refractivity contribution in [1.82, 2.24) is 5.32 Å². The molecule has 21 heavy (non-hydrogen) atoms. The minimum absolute atomic E-state index is 0.266. The van der Waals surface area contributed by atoms with E-state index in [0.717, 1.165) is 40.4 Å². The predicted octanol–water partition coefficient (Wildman–Crippen LogP) is 5.08. The number of hydrogen-bond acceptors (Lipinski definition) is 2. The molecule has 0 saturated heterocycles. The zero-order valence-electron chi connectivity index (χ0n) is 12.8. The average Bonchev–Trinajstić information content (AvgIpc) is 2.52. The molecule has 0 bridgehead atoms. The molecule has 1 unspecified atom stereocenters. The van der Waals surface area contributed by atoms with Crippen molar-refractivity contribution in [1.29, 1.82) is 0 Å². The predicted molar refractivity (Wildman–Crippen MR) is 90.1 cm³/mol. The monoisotopic (exact) mass is 303 g/mol. The Morgan fingerprint density at radius 2 is 1.76 bits per heavy atom. The Kier molecular flexibility index (Phi) is 5.66. The Balaban J connectivity index is 2.21. The summed E-state index contributed by atoms with van der Waals surface area (Å²) in [7, 11) is 1.67. The molecule has 0 heterocycles. The zero-order valence-corrected chi connectivity index (χ0v) is 13.6. The molecule has 2 rings (SSSR count). The molecule has 2 aromatic rings. The summed E-state index contributed by atoms with van der Waals surface area (Å²) in [5, 5.41) is 4.27. The van der Waals surface area contributed by atoms with Gasteiger partial charge in [-0.15, -0.1) is 0 Å². The third-order valence-electron chi connectivity index (χ3n) is 3.59. The van der Waals surface area contributed by atoms with E-state index < -0.39 is 0 Å².